The Morgan fingerprint density at radius 3 is 1.82 bits per heavy atom. The Morgan fingerprint density at radius 2 is 1.36 bits per heavy atom. The number of hydrogen-bond acceptors (Lipinski definition) is 4. The zero-order chi connectivity index (χ0) is 21.2. The fraction of sp³-hybridized carbons (Fsp3) is 0.235. The Balaban J connectivity index is 2.27. The molecule has 11 heteroatoms. The highest BCUT2D eigenvalue weighted by Crippen LogP contribution is 2.37. The fourth-order valence-electron chi connectivity index (χ4n) is 2.12. The van der Waals surface area contributed by atoms with Crippen molar-refractivity contribution in [3.63, 3.8) is 0 Å². The van der Waals surface area contributed by atoms with Gasteiger partial charge in [-0.05, 0) is 23.8 Å². The van der Waals surface area contributed by atoms with E-state index < -0.39 is 49.9 Å². The third kappa shape index (κ3) is 5.72. The van der Waals surface area contributed by atoms with Gasteiger partial charge in [0, 0.05) is 0 Å². The van der Waals surface area contributed by atoms with Crippen LogP contribution in [0.5, 0.6) is 0 Å². The first-order chi connectivity index (χ1) is 12.8. The van der Waals surface area contributed by atoms with Gasteiger partial charge in [0.1, 0.15) is 6.61 Å². The quantitative estimate of drug-likeness (QED) is 0.530. The molecule has 0 atom stereocenters. The van der Waals surface area contributed by atoms with Crippen molar-refractivity contribution in [2.24, 2.45) is 0 Å². The van der Waals surface area contributed by atoms with Crippen LogP contribution in [-0.2, 0) is 38.3 Å². The smallest absolute Gasteiger partial charge is 0.416 e. The third-order valence-electron chi connectivity index (χ3n) is 3.47. The summed E-state index contributed by atoms with van der Waals surface area (Å²) in [6.45, 7) is -0.300. The molecular weight excluding hydrogens is 414 g/mol. The second-order valence-corrected chi connectivity index (χ2v) is 7.64. The van der Waals surface area contributed by atoms with E-state index in [1.54, 1.807) is 30.3 Å². The molecule has 152 valence electrons. The lowest BCUT2D eigenvalue weighted by Crippen LogP contribution is -2.20. The number of halogens is 6. The van der Waals surface area contributed by atoms with Crippen molar-refractivity contribution in [1.29, 1.82) is 0 Å². The van der Waals surface area contributed by atoms with Crippen LogP contribution in [0.1, 0.15) is 16.7 Å². The molecule has 0 bridgehead atoms. The summed E-state index contributed by atoms with van der Waals surface area (Å²) in [7, 11) is -4.80. The number of alkyl halides is 6. The first-order valence-corrected chi connectivity index (χ1v) is 9.16. The minimum atomic E-state index is -5.21. The molecule has 0 saturated heterocycles. The SMILES string of the molecule is O=C(CS(=O)(=O)c1cc(C(F)(F)F)cc(C(F)(F)F)c1)OCc1ccccc1. The predicted molar refractivity (Wildman–Crippen MR) is 84.7 cm³/mol. The number of esters is 1. The van der Waals surface area contributed by atoms with Gasteiger partial charge in [-0.3, -0.25) is 4.79 Å². The van der Waals surface area contributed by atoms with Crippen LogP contribution in [0.3, 0.4) is 0 Å². The van der Waals surface area contributed by atoms with Crippen molar-refractivity contribution in [3.05, 3.63) is 65.2 Å². The van der Waals surface area contributed by atoms with Crippen LogP contribution in [0.15, 0.2) is 53.4 Å². The summed E-state index contributed by atoms with van der Waals surface area (Å²) in [4.78, 5) is 10.5. The molecule has 28 heavy (non-hydrogen) atoms. The highest BCUT2D eigenvalue weighted by molar-refractivity contribution is 7.92. The molecule has 0 aromatic heterocycles. The molecule has 2 rings (SSSR count). The standard InChI is InChI=1S/C17H12F6O4S/c18-16(19,20)12-6-13(17(21,22)23)8-14(7-12)28(25,26)10-15(24)27-9-11-4-2-1-3-5-11/h1-8H,9-10H2. The Kier molecular flexibility index (Phi) is 6.07. The lowest BCUT2D eigenvalue weighted by atomic mass is 10.1. The minimum absolute atomic E-state index is 0.0506. The van der Waals surface area contributed by atoms with Gasteiger partial charge in [-0.25, -0.2) is 8.42 Å². The van der Waals surface area contributed by atoms with Crippen molar-refractivity contribution in [2.45, 2.75) is 23.9 Å². The van der Waals surface area contributed by atoms with Gasteiger partial charge >= 0.3 is 18.3 Å². The lowest BCUT2D eigenvalue weighted by Gasteiger charge is -2.14. The summed E-state index contributed by atoms with van der Waals surface area (Å²) >= 11 is 0. The van der Waals surface area contributed by atoms with Gasteiger partial charge in [0.2, 0.25) is 0 Å². The molecule has 0 aliphatic rings. The van der Waals surface area contributed by atoms with E-state index in [0.29, 0.717) is 5.56 Å². The zero-order valence-electron chi connectivity index (χ0n) is 13.8. The van der Waals surface area contributed by atoms with Crippen LogP contribution in [0.4, 0.5) is 26.3 Å². The maximum absolute atomic E-state index is 12.8. The Morgan fingerprint density at radius 1 is 0.857 bits per heavy atom. The van der Waals surface area contributed by atoms with Crippen molar-refractivity contribution >= 4 is 15.8 Å². The van der Waals surface area contributed by atoms with Gasteiger partial charge in [-0.1, -0.05) is 30.3 Å². The number of ether oxygens (including phenoxy) is 1. The number of rotatable bonds is 5. The average Bonchev–Trinajstić information content (AvgIpc) is 2.58. The molecule has 0 aliphatic heterocycles. The predicted octanol–water partition coefficient (Wildman–Crippen LogP) is 4.24. The maximum Gasteiger partial charge on any atom is 0.416 e. The molecule has 0 unspecified atom stereocenters. The minimum Gasteiger partial charge on any atom is -0.460 e. The van der Waals surface area contributed by atoms with Crippen molar-refractivity contribution in [2.75, 3.05) is 5.75 Å². The summed E-state index contributed by atoms with van der Waals surface area (Å²) in [5.74, 6) is -2.71. The number of carbonyl (C=O) groups is 1. The van der Waals surface area contributed by atoms with E-state index in [2.05, 4.69) is 0 Å². The molecule has 0 N–H and O–H groups in total. The second-order valence-electron chi connectivity index (χ2n) is 5.65. The Bertz CT molecular complexity index is 918. The molecule has 2 aromatic carbocycles. The normalized spacial score (nSPS) is 12.6. The van der Waals surface area contributed by atoms with Crippen molar-refractivity contribution in [1.82, 2.24) is 0 Å². The number of benzene rings is 2. The highest BCUT2D eigenvalue weighted by Gasteiger charge is 2.38. The van der Waals surface area contributed by atoms with Gasteiger partial charge in [-0.2, -0.15) is 26.3 Å². The largest absolute Gasteiger partial charge is 0.460 e. The number of sulfone groups is 1. The monoisotopic (exact) mass is 426 g/mol. The van der Waals surface area contributed by atoms with Crippen LogP contribution in [-0.4, -0.2) is 20.1 Å². The lowest BCUT2D eigenvalue weighted by molar-refractivity contribution is -0.143. The van der Waals surface area contributed by atoms with E-state index >= 15 is 0 Å². The molecule has 0 spiro atoms. The Labute approximate surface area is 155 Å². The Hall–Kier alpha value is -2.56. The van der Waals surface area contributed by atoms with Gasteiger partial charge < -0.3 is 4.74 Å². The fourth-order valence-corrected chi connectivity index (χ4v) is 3.30. The summed E-state index contributed by atoms with van der Waals surface area (Å²) in [6.07, 6.45) is -10.4. The first kappa shape index (κ1) is 21.7. The van der Waals surface area contributed by atoms with Crippen LogP contribution in [0.25, 0.3) is 0 Å². The topological polar surface area (TPSA) is 60.4 Å². The summed E-state index contributed by atoms with van der Waals surface area (Å²) < 4.78 is 106. The molecule has 0 fully saturated rings. The van der Waals surface area contributed by atoms with Crippen LogP contribution < -0.4 is 0 Å². The van der Waals surface area contributed by atoms with Gasteiger partial charge in [0.05, 0.1) is 16.0 Å². The summed E-state index contributed by atoms with van der Waals surface area (Å²) in [5.41, 5.74) is -3.07. The highest BCUT2D eigenvalue weighted by atomic mass is 32.2. The summed E-state index contributed by atoms with van der Waals surface area (Å²) in [6, 6.07) is 7.98. The molecule has 0 saturated carbocycles. The molecule has 0 heterocycles. The van der Waals surface area contributed by atoms with E-state index in [1.807, 2.05) is 0 Å². The van der Waals surface area contributed by atoms with Crippen molar-refractivity contribution < 1.29 is 44.3 Å². The maximum atomic E-state index is 12.8. The van der Waals surface area contributed by atoms with Crippen LogP contribution >= 0.6 is 0 Å². The van der Waals surface area contributed by atoms with E-state index in [0.717, 1.165) is 0 Å². The van der Waals surface area contributed by atoms with Gasteiger partial charge in [0.25, 0.3) is 0 Å². The third-order valence-corrected chi connectivity index (χ3v) is 5.04. The number of carbonyl (C=O) groups excluding carboxylic acids is 1. The molecule has 4 nitrogen and oxygen atoms in total. The zero-order valence-corrected chi connectivity index (χ0v) is 14.7. The summed E-state index contributed by atoms with van der Waals surface area (Å²) in [5, 5.41) is 0. The molecule has 0 amide bonds. The second kappa shape index (κ2) is 7.82. The number of hydrogen-bond donors (Lipinski definition) is 0. The average molecular weight is 426 g/mol. The van der Waals surface area contributed by atoms with Gasteiger partial charge in [0.15, 0.2) is 15.6 Å². The molecule has 2 aromatic rings. The van der Waals surface area contributed by atoms with E-state index in [9.17, 15) is 39.6 Å². The molecule has 0 aliphatic carbocycles. The van der Waals surface area contributed by atoms with Crippen molar-refractivity contribution in [3.8, 4) is 0 Å². The molecular formula is C17H12F6O4S. The molecule has 0 radical (unpaired) electrons. The van der Waals surface area contributed by atoms with Crippen LogP contribution in [0.2, 0.25) is 0 Å². The van der Waals surface area contributed by atoms with E-state index in [-0.39, 0.29) is 24.8 Å². The van der Waals surface area contributed by atoms with E-state index in [1.165, 1.54) is 0 Å². The van der Waals surface area contributed by atoms with Crippen LogP contribution in [0, 0.1) is 0 Å². The first-order valence-electron chi connectivity index (χ1n) is 7.51. The van der Waals surface area contributed by atoms with Gasteiger partial charge in [-0.15, -0.1) is 0 Å². The van der Waals surface area contributed by atoms with E-state index in [4.69, 9.17) is 4.74 Å².